The molecule has 1 aliphatic rings. The van der Waals surface area contributed by atoms with Gasteiger partial charge in [-0.1, -0.05) is 38.0 Å². The summed E-state index contributed by atoms with van der Waals surface area (Å²) in [5.74, 6) is 0.365. The van der Waals surface area contributed by atoms with Gasteiger partial charge in [-0.3, -0.25) is 9.59 Å². The summed E-state index contributed by atoms with van der Waals surface area (Å²) in [6, 6.07) is 7.60. The van der Waals surface area contributed by atoms with E-state index < -0.39 is 0 Å². The zero-order chi connectivity index (χ0) is 16.4. The number of carbonyl (C=O) groups is 1. The monoisotopic (exact) mass is 313 g/mol. The first-order valence-electron chi connectivity index (χ1n) is 8.32. The van der Waals surface area contributed by atoms with Gasteiger partial charge < -0.3 is 5.32 Å². The summed E-state index contributed by atoms with van der Waals surface area (Å²) < 4.78 is 1.28. The van der Waals surface area contributed by atoms with Crippen molar-refractivity contribution in [3.05, 3.63) is 40.3 Å². The molecule has 122 valence electrons. The highest BCUT2D eigenvalue weighted by atomic mass is 16.2. The average Bonchev–Trinajstić information content (AvgIpc) is 2.54. The Morgan fingerprint density at radius 3 is 2.70 bits per heavy atom. The van der Waals surface area contributed by atoms with Crippen LogP contribution in [0.1, 0.15) is 38.3 Å². The Labute approximate surface area is 135 Å². The molecule has 1 fully saturated rings. The molecule has 0 radical (unpaired) electrons. The second kappa shape index (κ2) is 6.52. The minimum Gasteiger partial charge on any atom is -0.351 e. The van der Waals surface area contributed by atoms with Gasteiger partial charge in [0.15, 0.2) is 0 Å². The molecule has 1 saturated carbocycles. The minimum absolute atomic E-state index is 0.0201. The smallest absolute Gasteiger partial charge is 0.275 e. The van der Waals surface area contributed by atoms with Gasteiger partial charge in [0.2, 0.25) is 5.91 Å². The van der Waals surface area contributed by atoms with E-state index in [4.69, 9.17) is 0 Å². The number of carbonyl (C=O) groups excluding carboxylic acids is 1. The normalized spacial score (nSPS) is 21.3. The van der Waals surface area contributed by atoms with Crippen LogP contribution in [0.2, 0.25) is 0 Å². The third-order valence-corrected chi connectivity index (χ3v) is 4.80. The summed E-state index contributed by atoms with van der Waals surface area (Å²) in [5, 5.41) is 8.82. The van der Waals surface area contributed by atoms with Gasteiger partial charge in [0.1, 0.15) is 6.54 Å². The number of hydrogen-bond donors (Lipinski definition) is 1. The van der Waals surface area contributed by atoms with Crippen LogP contribution in [0.25, 0.3) is 10.8 Å². The largest absolute Gasteiger partial charge is 0.351 e. The number of nitrogens with zero attached hydrogens (tertiary/aromatic N) is 2. The second-order valence-electron chi connectivity index (χ2n) is 6.53. The Hall–Kier alpha value is -2.17. The lowest BCUT2D eigenvalue weighted by Gasteiger charge is -2.29. The van der Waals surface area contributed by atoms with Crippen molar-refractivity contribution < 1.29 is 4.79 Å². The molecule has 1 aromatic carbocycles. The molecule has 0 unspecified atom stereocenters. The molecule has 1 amide bonds. The van der Waals surface area contributed by atoms with Gasteiger partial charge in [-0.05, 0) is 31.7 Å². The van der Waals surface area contributed by atoms with E-state index in [1.807, 2.05) is 25.1 Å². The molecule has 1 heterocycles. The predicted molar refractivity (Wildman–Crippen MR) is 90.3 cm³/mol. The van der Waals surface area contributed by atoms with Crippen molar-refractivity contribution >= 4 is 16.7 Å². The average molecular weight is 313 g/mol. The fraction of sp³-hybridized carbons (Fsp3) is 0.500. The van der Waals surface area contributed by atoms with E-state index in [1.54, 1.807) is 6.07 Å². The fourth-order valence-corrected chi connectivity index (χ4v) is 3.43. The number of nitrogens with one attached hydrogen (secondary N) is 1. The van der Waals surface area contributed by atoms with Crippen LogP contribution < -0.4 is 10.9 Å². The zero-order valence-corrected chi connectivity index (χ0v) is 13.7. The number of fused-ring (bicyclic) bond motifs is 1. The number of hydrogen-bond acceptors (Lipinski definition) is 3. The SMILES string of the molecule is Cc1nn(CC(=O)N[C@@H]2CCCC[C@@H]2C)c(=O)c2ccccc12. The number of aryl methyl sites for hydroxylation is 1. The number of amides is 1. The molecule has 0 aliphatic heterocycles. The Morgan fingerprint density at radius 2 is 1.96 bits per heavy atom. The van der Waals surface area contributed by atoms with E-state index in [1.165, 1.54) is 11.1 Å². The fourth-order valence-electron chi connectivity index (χ4n) is 3.43. The van der Waals surface area contributed by atoms with Gasteiger partial charge in [-0.25, -0.2) is 4.68 Å². The third-order valence-electron chi connectivity index (χ3n) is 4.80. The van der Waals surface area contributed by atoms with Crippen molar-refractivity contribution in [2.75, 3.05) is 0 Å². The summed E-state index contributed by atoms with van der Waals surface area (Å²) in [6.45, 7) is 4.02. The molecule has 23 heavy (non-hydrogen) atoms. The number of aromatic nitrogens is 2. The lowest BCUT2D eigenvalue weighted by atomic mass is 9.86. The van der Waals surface area contributed by atoms with E-state index in [2.05, 4.69) is 17.3 Å². The molecule has 0 bridgehead atoms. The van der Waals surface area contributed by atoms with Crippen LogP contribution in [0.5, 0.6) is 0 Å². The maximum absolute atomic E-state index is 12.5. The molecule has 5 nitrogen and oxygen atoms in total. The topological polar surface area (TPSA) is 64.0 Å². The summed E-state index contributed by atoms with van der Waals surface area (Å²) in [4.78, 5) is 24.8. The molecule has 2 atom stereocenters. The van der Waals surface area contributed by atoms with Crippen molar-refractivity contribution in [1.82, 2.24) is 15.1 Å². The van der Waals surface area contributed by atoms with Crippen LogP contribution >= 0.6 is 0 Å². The Morgan fingerprint density at radius 1 is 1.26 bits per heavy atom. The molecular formula is C18H23N3O2. The van der Waals surface area contributed by atoms with E-state index in [0.29, 0.717) is 11.3 Å². The van der Waals surface area contributed by atoms with Crippen molar-refractivity contribution in [2.24, 2.45) is 5.92 Å². The van der Waals surface area contributed by atoms with Crippen molar-refractivity contribution in [3.8, 4) is 0 Å². The van der Waals surface area contributed by atoms with Gasteiger partial charge in [0, 0.05) is 11.4 Å². The summed E-state index contributed by atoms with van der Waals surface area (Å²) in [7, 11) is 0. The molecule has 1 N–H and O–H groups in total. The van der Waals surface area contributed by atoms with Gasteiger partial charge in [0.05, 0.1) is 11.1 Å². The Bertz CT molecular complexity index is 781. The van der Waals surface area contributed by atoms with Crippen LogP contribution in [-0.4, -0.2) is 21.7 Å². The van der Waals surface area contributed by atoms with Crippen molar-refractivity contribution in [1.29, 1.82) is 0 Å². The van der Waals surface area contributed by atoms with Crippen molar-refractivity contribution in [3.63, 3.8) is 0 Å². The quantitative estimate of drug-likeness (QED) is 0.946. The number of rotatable bonds is 3. The van der Waals surface area contributed by atoms with Gasteiger partial charge in [0.25, 0.3) is 5.56 Å². The molecule has 0 saturated heterocycles. The molecule has 5 heteroatoms. The molecule has 0 spiro atoms. The summed E-state index contributed by atoms with van der Waals surface area (Å²) in [5.41, 5.74) is 0.553. The minimum atomic E-state index is -0.210. The maximum Gasteiger partial charge on any atom is 0.275 e. The molecular weight excluding hydrogens is 290 g/mol. The summed E-state index contributed by atoms with van der Waals surface area (Å²) >= 11 is 0. The Balaban J connectivity index is 1.80. The second-order valence-corrected chi connectivity index (χ2v) is 6.53. The molecule has 2 aromatic rings. The highest BCUT2D eigenvalue weighted by Crippen LogP contribution is 2.23. The van der Waals surface area contributed by atoms with E-state index in [0.717, 1.165) is 30.3 Å². The van der Waals surface area contributed by atoms with E-state index in [-0.39, 0.29) is 24.1 Å². The van der Waals surface area contributed by atoms with E-state index >= 15 is 0 Å². The van der Waals surface area contributed by atoms with Gasteiger partial charge >= 0.3 is 0 Å². The van der Waals surface area contributed by atoms with Crippen LogP contribution in [0.4, 0.5) is 0 Å². The van der Waals surface area contributed by atoms with Gasteiger partial charge in [-0.15, -0.1) is 0 Å². The van der Waals surface area contributed by atoms with Crippen LogP contribution in [0, 0.1) is 12.8 Å². The lowest BCUT2D eigenvalue weighted by Crippen LogP contribution is -2.43. The maximum atomic E-state index is 12.5. The molecule has 3 rings (SSSR count). The number of benzene rings is 1. The zero-order valence-electron chi connectivity index (χ0n) is 13.7. The first-order valence-corrected chi connectivity index (χ1v) is 8.32. The molecule has 1 aliphatic carbocycles. The first kappa shape index (κ1) is 15.7. The Kier molecular flexibility index (Phi) is 4.46. The van der Waals surface area contributed by atoms with Crippen LogP contribution in [-0.2, 0) is 11.3 Å². The highest BCUT2D eigenvalue weighted by molar-refractivity contribution is 5.83. The van der Waals surface area contributed by atoms with Crippen molar-refractivity contribution in [2.45, 2.75) is 52.1 Å². The van der Waals surface area contributed by atoms with E-state index in [9.17, 15) is 9.59 Å². The molecule has 1 aromatic heterocycles. The first-order chi connectivity index (χ1) is 11.1. The van der Waals surface area contributed by atoms with Crippen LogP contribution in [0.15, 0.2) is 29.1 Å². The lowest BCUT2D eigenvalue weighted by molar-refractivity contribution is -0.123. The predicted octanol–water partition coefficient (Wildman–Crippen LogP) is 2.40. The standard InChI is InChI=1S/C18H23N3O2/c1-12-7-3-6-10-16(12)19-17(22)11-21-18(23)15-9-5-4-8-14(15)13(2)20-21/h4-5,8-9,12,16H,3,6-7,10-11H2,1-2H3,(H,19,22)/t12-,16+/m0/s1. The third kappa shape index (κ3) is 3.28. The van der Waals surface area contributed by atoms with Crippen LogP contribution in [0.3, 0.4) is 0 Å². The summed E-state index contributed by atoms with van der Waals surface area (Å²) in [6.07, 6.45) is 4.56. The van der Waals surface area contributed by atoms with Gasteiger partial charge in [-0.2, -0.15) is 5.10 Å². The highest BCUT2D eigenvalue weighted by Gasteiger charge is 2.23.